The Morgan fingerprint density at radius 2 is 1.36 bits per heavy atom. The summed E-state index contributed by atoms with van der Waals surface area (Å²) in [6, 6.07) is 1.73. The Kier molecular flexibility index (Phi) is 4.75. The third-order valence-electron chi connectivity index (χ3n) is 4.08. The lowest BCUT2D eigenvalue weighted by Crippen LogP contribution is -2.13. The highest BCUT2D eigenvalue weighted by atomic mass is 19.4. The molecule has 0 aromatic heterocycles. The molecule has 0 heterocycles. The normalized spacial score (nSPS) is 23.0. The van der Waals surface area contributed by atoms with Crippen LogP contribution in [-0.4, -0.2) is 11.7 Å². The number of alkyl halides is 6. The summed E-state index contributed by atoms with van der Waals surface area (Å²) in [7, 11) is 0. The number of rotatable bonds is 3. The van der Waals surface area contributed by atoms with Crippen LogP contribution in [0, 0.1) is 11.8 Å². The topological polar surface area (TPSA) is 20.2 Å². The van der Waals surface area contributed by atoms with E-state index in [1.807, 2.05) is 0 Å². The van der Waals surface area contributed by atoms with Gasteiger partial charge in [0.1, 0.15) is 0 Å². The predicted molar refractivity (Wildman–Crippen MR) is 68.1 cm³/mol. The molecule has 1 saturated carbocycles. The van der Waals surface area contributed by atoms with Gasteiger partial charge in [-0.05, 0) is 61.3 Å². The molecule has 0 amide bonds. The van der Waals surface area contributed by atoms with Gasteiger partial charge in [0.05, 0.1) is 11.1 Å². The first-order valence-electron chi connectivity index (χ1n) is 6.99. The number of benzene rings is 1. The minimum Gasteiger partial charge on any atom is -0.396 e. The lowest BCUT2D eigenvalue weighted by molar-refractivity contribution is -0.143. The van der Waals surface area contributed by atoms with Gasteiger partial charge in [0.2, 0.25) is 0 Å². The summed E-state index contributed by atoms with van der Waals surface area (Å²) in [4.78, 5) is 0. The molecule has 1 fully saturated rings. The number of halogens is 6. The SMILES string of the molecule is OCC1CCC(Cc2cc(C(F)(F)F)cc(C(F)(F)F)c2)C1. The first-order chi connectivity index (χ1) is 10.1. The van der Waals surface area contributed by atoms with E-state index in [1.54, 1.807) is 0 Å². The second kappa shape index (κ2) is 6.10. The Morgan fingerprint density at radius 3 is 1.77 bits per heavy atom. The van der Waals surface area contributed by atoms with Crippen LogP contribution in [0.15, 0.2) is 18.2 Å². The van der Waals surface area contributed by atoms with Crippen LogP contribution in [0.3, 0.4) is 0 Å². The van der Waals surface area contributed by atoms with Crippen LogP contribution in [0.4, 0.5) is 26.3 Å². The Morgan fingerprint density at radius 1 is 0.864 bits per heavy atom. The van der Waals surface area contributed by atoms with Gasteiger partial charge in [0.25, 0.3) is 0 Å². The lowest BCUT2D eigenvalue weighted by atomic mass is 9.94. The molecule has 7 heteroatoms. The zero-order valence-electron chi connectivity index (χ0n) is 11.6. The Balaban J connectivity index is 2.27. The van der Waals surface area contributed by atoms with Crippen molar-refractivity contribution >= 4 is 0 Å². The molecular formula is C15H16F6O. The average molecular weight is 326 g/mol. The van der Waals surface area contributed by atoms with Crippen LogP contribution in [-0.2, 0) is 18.8 Å². The summed E-state index contributed by atoms with van der Waals surface area (Å²) < 4.78 is 76.6. The van der Waals surface area contributed by atoms with E-state index in [9.17, 15) is 26.3 Å². The summed E-state index contributed by atoms with van der Waals surface area (Å²) in [5.74, 6) is 0.111. The van der Waals surface area contributed by atoms with Crippen molar-refractivity contribution in [1.29, 1.82) is 0 Å². The molecule has 1 aliphatic carbocycles. The van der Waals surface area contributed by atoms with Gasteiger partial charge in [-0.3, -0.25) is 0 Å². The van der Waals surface area contributed by atoms with Crippen molar-refractivity contribution in [3.63, 3.8) is 0 Å². The van der Waals surface area contributed by atoms with E-state index in [-0.39, 0.29) is 36.5 Å². The zero-order chi connectivity index (χ0) is 16.5. The maximum absolute atomic E-state index is 12.8. The van der Waals surface area contributed by atoms with Gasteiger partial charge in [0.15, 0.2) is 0 Å². The molecule has 0 saturated heterocycles. The molecule has 2 atom stereocenters. The third kappa shape index (κ3) is 4.15. The molecule has 1 nitrogen and oxygen atoms in total. The fraction of sp³-hybridized carbons (Fsp3) is 0.600. The lowest BCUT2D eigenvalue weighted by Gasteiger charge is -2.16. The predicted octanol–water partition coefficient (Wildman–Crippen LogP) is 4.68. The van der Waals surface area contributed by atoms with E-state index in [0.717, 1.165) is 18.6 Å². The smallest absolute Gasteiger partial charge is 0.396 e. The van der Waals surface area contributed by atoms with Crippen molar-refractivity contribution in [2.24, 2.45) is 11.8 Å². The van der Waals surface area contributed by atoms with Crippen molar-refractivity contribution in [3.8, 4) is 0 Å². The number of aliphatic hydroxyl groups excluding tert-OH is 1. The molecule has 0 radical (unpaired) electrons. The Hall–Kier alpha value is -1.24. The summed E-state index contributed by atoms with van der Waals surface area (Å²) in [5.41, 5.74) is -2.49. The van der Waals surface area contributed by atoms with Gasteiger partial charge in [-0.1, -0.05) is 0 Å². The van der Waals surface area contributed by atoms with Crippen LogP contribution in [0.2, 0.25) is 0 Å². The monoisotopic (exact) mass is 326 g/mol. The van der Waals surface area contributed by atoms with Crippen LogP contribution >= 0.6 is 0 Å². The van der Waals surface area contributed by atoms with Gasteiger partial charge in [-0.25, -0.2) is 0 Å². The Bertz CT molecular complexity index is 487. The highest BCUT2D eigenvalue weighted by Crippen LogP contribution is 2.38. The summed E-state index contributed by atoms with van der Waals surface area (Å²) >= 11 is 0. The molecule has 2 rings (SSSR count). The van der Waals surface area contributed by atoms with Crippen molar-refractivity contribution < 1.29 is 31.4 Å². The van der Waals surface area contributed by atoms with Gasteiger partial charge in [-0.15, -0.1) is 0 Å². The van der Waals surface area contributed by atoms with Gasteiger partial charge in [0, 0.05) is 6.61 Å². The molecule has 1 aliphatic rings. The molecular weight excluding hydrogens is 310 g/mol. The van der Waals surface area contributed by atoms with E-state index < -0.39 is 23.5 Å². The van der Waals surface area contributed by atoms with Crippen LogP contribution < -0.4 is 0 Å². The van der Waals surface area contributed by atoms with Crippen LogP contribution in [0.5, 0.6) is 0 Å². The number of hydrogen-bond donors (Lipinski definition) is 1. The Labute approximate surface area is 123 Å². The molecule has 1 aromatic carbocycles. The van der Waals surface area contributed by atoms with Gasteiger partial charge < -0.3 is 5.11 Å². The summed E-state index contributed by atoms with van der Waals surface area (Å²) in [6.45, 7) is 0.00684. The van der Waals surface area contributed by atoms with Crippen LogP contribution in [0.1, 0.15) is 36.0 Å². The summed E-state index contributed by atoms with van der Waals surface area (Å²) in [6.07, 6.45) is -7.34. The van der Waals surface area contributed by atoms with E-state index in [2.05, 4.69) is 0 Å². The van der Waals surface area contributed by atoms with E-state index >= 15 is 0 Å². The first kappa shape index (κ1) is 17.1. The fourth-order valence-corrected chi connectivity index (χ4v) is 3.00. The van der Waals surface area contributed by atoms with Crippen molar-refractivity contribution in [3.05, 3.63) is 34.9 Å². The standard InChI is InChI=1S/C15H16F6O/c16-14(17,18)12-5-11(6-13(7-12)15(19,20)21)4-9-1-2-10(3-9)8-22/h5-7,9-10,22H,1-4,8H2. The van der Waals surface area contributed by atoms with E-state index in [1.165, 1.54) is 0 Å². The highest BCUT2D eigenvalue weighted by Gasteiger charge is 2.37. The zero-order valence-corrected chi connectivity index (χ0v) is 11.6. The molecule has 1 aromatic rings. The van der Waals surface area contributed by atoms with Crippen molar-refractivity contribution in [2.75, 3.05) is 6.61 Å². The van der Waals surface area contributed by atoms with Gasteiger partial charge in [-0.2, -0.15) is 26.3 Å². The number of aliphatic hydroxyl groups is 1. The molecule has 0 aliphatic heterocycles. The van der Waals surface area contributed by atoms with Gasteiger partial charge >= 0.3 is 12.4 Å². The molecule has 1 N–H and O–H groups in total. The highest BCUT2D eigenvalue weighted by molar-refractivity contribution is 5.34. The quantitative estimate of drug-likeness (QED) is 0.800. The summed E-state index contributed by atoms with van der Waals surface area (Å²) in [5, 5.41) is 9.05. The first-order valence-corrected chi connectivity index (χ1v) is 6.99. The average Bonchev–Trinajstić information content (AvgIpc) is 2.84. The third-order valence-corrected chi connectivity index (χ3v) is 4.08. The fourth-order valence-electron chi connectivity index (χ4n) is 3.00. The van der Waals surface area contributed by atoms with E-state index in [0.29, 0.717) is 12.8 Å². The van der Waals surface area contributed by atoms with Crippen molar-refractivity contribution in [2.45, 2.75) is 38.0 Å². The molecule has 22 heavy (non-hydrogen) atoms. The van der Waals surface area contributed by atoms with Crippen molar-refractivity contribution in [1.82, 2.24) is 0 Å². The number of hydrogen-bond acceptors (Lipinski definition) is 1. The minimum atomic E-state index is -4.81. The minimum absolute atomic E-state index is 0.00684. The van der Waals surface area contributed by atoms with E-state index in [4.69, 9.17) is 5.11 Å². The molecule has 0 spiro atoms. The molecule has 0 bridgehead atoms. The maximum Gasteiger partial charge on any atom is 0.416 e. The maximum atomic E-state index is 12.8. The second-order valence-electron chi connectivity index (χ2n) is 5.85. The molecule has 2 unspecified atom stereocenters. The largest absolute Gasteiger partial charge is 0.416 e. The van der Waals surface area contributed by atoms with Crippen LogP contribution in [0.25, 0.3) is 0 Å². The second-order valence-corrected chi connectivity index (χ2v) is 5.85. The molecule has 124 valence electrons.